The summed E-state index contributed by atoms with van der Waals surface area (Å²) in [6.07, 6.45) is 0. The van der Waals surface area contributed by atoms with Crippen LogP contribution in [0.5, 0.6) is 0 Å². The maximum absolute atomic E-state index is 4.84. The van der Waals surface area contributed by atoms with Crippen LogP contribution in [-0.4, -0.2) is 4.98 Å². The van der Waals surface area contributed by atoms with Crippen LogP contribution in [0.2, 0.25) is 0 Å². The molecule has 0 fully saturated rings. The first-order valence-corrected chi connectivity index (χ1v) is 3.54. The summed E-state index contributed by atoms with van der Waals surface area (Å²) in [5.74, 6) is 0. The van der Waals surface area contributed by atoms with Crippen LogP contribution in [0.25, 0.3) is 12.3 Å². The molecule has 0 saturated carbocycles. The molecule has 0 aliphatic heterocycles. The Morgan fingerprint density at radius 2 is 2.33 bits per heavy atom. The second kappa shape index (κ2) is 2.31. The first-order chi connectivity index (χ1) is 4.24. The summed E-state index contributed by atoms with van der Waals surface area (Å²) in [5.41, 5.74) is 2.69. The van der Waals surface area contributed by atoms with Gasteiger partial charge in [0.05, 0.1) is 9.88 Å². The number of rotatable bonds is 0. The first-order valence-electron chi connectivity index (χ1n) is 2.32. The van der Waals surface area contributed by atoms with Crippen molar-refractivity contribution in [2.75, 3.05) is 0 Å². The average Bonchev–Trinajstić information content (AvgIpc) is 2.10. The highest BCUT2D eigenvalue weighted by molar-refractivity contribution is 7.73. The molecule has 1 nitrogen and oxygen atoms in total. The minimum atomic E-state index is 0.728. The van der Waals surface area contributed by atoms with E-state index in [1.165, 1.54) is 11.3 Å². The summed E-state index contributed by atoms with van der Waals surface area (Å²) < 4.78 is 1.63. The van der Waals surface area contributed by atoms with Gasteiger partial charge in [0.1, 0.15) is 0 Å². The molecule has 0 unspecified atom stereocenters. The van der Waals surface area contributed by atoms with Crippen LogP contribution in [0, 0.1) is 3.95 Å². The van der Waals surface area contributed by atoms with Gasteiger partial charge in [-0.3, -0.25) is 0 Å². The van der Waals surface area contributed by atoms with Crippen molar-refractivity contribution in [2.45, 2.75) is 0 Å². The molecule has 46 valence electrons. The molecule has 0 saturated heterocycles. The highest BCUT2D eigenvalue weighted by Gasteiger charge is 1.81. The van der Waals surface area contributed by atoms with Crippen LogP contribution < -0.4 is 9.88 Å². The van der Waals surface area contributed by atoms with Crippen molar-refractivity contribution in [1.82, 2.24) is 4.98 Å². The summed E-state index contributed by atoms with van der Waals surface area (Å²) in [6.45, 7) is 7.20. The van der Waals surface area contributed by atoms with E-state index in [0.717, 1.165) is 13.8 Å². The smallest absolute Gasteiger partial charge is 0.159 e. The summed E-state index contributed by atoms with van der Waals surface area (Å²) in [4.78, 5) is 2.89. The zero-order valence-corrected chi connectivity index (χ0v) is 6.36. The normalized spacial score (nSPS) is 8.89. The molecular weight excluding hydrogens is 150 g/mol. The molecule has 0 aliphatic carbocycles. The largest absolute Gasteiger partial charge is 0.331 e. The van der Waals surface area contributed by atoms with Crippen LogP contribution in [0.3, 0.4) is 0 Å². The van der Waals surface area contributed by atoms with Gasteiger partial charge in [-0.05, 0) is 12.2 Å². The average molecular weight is 155 g/mol. The van der Waals surface area contributed by atoms with Crippen LogP contribution in [0.15, 0.2) is 6.58 Å². The molecule has 1 N–H and O–H groups in total. The van der Waals surface area contributed by atoms with Gasteiger partial charge < -0.3 is 4.98 Å². The van der Waals surface area contributed by atoms with Crippen molar-refractivity contribution >= 4 is 35.9 Å². The third-order valence-corrected chi connectivity index (χ3v) is 1.99. The molecule has 1 rings (SSSR count). The van der Waals surface area contributed by atoms with E-state index in [-0.39, 0.29) is 0 Å². The molecule has 0 aromatic carbocycles. The van der Waals surface area contributed by atoms with Crippen LogP contribution >= 0.6 is 23.6 Å². The minimum absolute atomic E-state index is 0.728. The van der Waals surface area contributed by atoms with E-state index in [0.29, 0.717) is 0 Å². The second-order valence-corrected chi connectivity index (χ2v) is 3.26. The number of aromatic amines is 1. The Kier molecular flexibility index (Phi) is 1.67. The number of nitrogens with one attached hydrogen (secondary N) is 1. The van der Waals surface area contributed by atoms with E-state index in [4.69, 9.17) is 12.2 Å². The standard InChI is InChI=1S/C6H5NS2/c1-3-5-4(2)9-6(8)7-5/h1-2H2,(H,7,8). The highest BCUT2D eigenvalue weighted by atomic mass is 32.1. The number of hydrogen-bond acceptors (Lipinski definition) is 2. The van der Waals surface area contributed by atoms with E-state index in [2.05, 4.69) is 23.9 Å². The third-order valence-electron chi connectivity index (χ3n) is 0.899. The van der Waals surface area contributed by atoms with Gasteiger partial charge >= 0.3 is 0 Å². The Labute approximate surface area is 61.7 Å². The Morgan fingerprint density at radius 3 is 2.56 bits per heavy atom. The molecule has 3 heteroatoms. The third kappa shape index (κ3) is 1.19. The van der Waals surface area contributed by atoms with Gasteiger partial charge in [0, 0.05) is 0 Å². The number of aromatic nitrogens is 1. The van der Waals surface area contributed by atoms with E-state index in [1.54, 1.807) is 0 Å². The molecule has 1 heterocycles. The van der Waals surface area contributed by atoms with Crippen molar-refractivity contribution in [3.8, 4) is 0 Å². The molecular formula is C6H5NS2. The van der Waals surface area contributed by atoms with Gasteiger partial charge in [-0.2, -0.15) is 0 Å². The Morgan fingerprint density at radius 1 is 1.67 bits per heavy atom. The number of hydrogen-bond donors (Lipinski definition) is 1. The fourth-order valence-corrected chi connectivity index (χ4v) is 1.51. The molecule has 0 spiro atoms. The van der Waals surface area contributed by atoms with Crippen molar-refractivity contribution in [3.63, 3.8) is 0 Å². The Balaban J connectivity index is 3.94. The van der Waals surface area contributed by atoms with Crippen molar-refractivity contribution < 1.29 is 0 Å². The molecule has 0 atom stereocenters. The van der Waals surface area contributed by atoms with Gasteiger partial charge in [-0.15, -0.1) is 17.1 Å². The summed E-state index contributed by atoms with van der Waals surface area (Å²) >= 11 is 6.28. The molecule has 1 aromatic heterocycles. The fourth-order valence-electron chi connectivity index (χ4n) is 0.503. The maximum atomic E-state index is 4.84. The van der Waals surface area contributed by atoms with Gasteiger partial charge in [-0.1, -0.05) is 13.2 Å². The predicted octanol–water partition coefficient (Wildman–Crippen LogP) is 0.781. The predicted molar refractivity (Wildman–Crippen MR) is 43.3 cm³/mol. The summed E-state index contributed by atoms with van der Waals surface area (Å²) in [7, 11) is 0. The van der Waals surface area contributed by atoms with E-state index >= 15 is 0 Å². The van der Waals surface area contributed by atoms with E-state index in [1.807, 2.05) is 0 Å². The molecule has 0 amide bonds. The zero-order valence-electron chi connectivity index (χ0n) is 4.73. The van der Waals surface area contributed by atoms with E-state index in [9.17, 15) is 0 Å². The zero-order chi connectivity index (χ0) is 6.85. The van der Waals surface area contributed by atoms with Crippen LogP contribution in [0.4, 0.5) is 0 Å². The lowest BCUT2D eigenvalue weighted by molar-refractivity contribution is 1.31. The number of H-pyrrole nitrogens is 1. The van der Waals surface area contributed by atoms with E-state index < -0.39 is 0 Å². The first kappa shape index (κ1) is 6.49. The highest BCUT2D eigenvalue weighted by Crippen LogP contribution is 1.81. The quantitative estimate of drug-likeness (QED) is 0.547. The molecule has 0 aliphatic rings. The van der Waals surface area contributed by atoms with Crippen LogP contribution in [0.1, 0.15) is 0 Å². The van der Waals surface area contributed by atoms with Crippen LogP contribution in [-0.2, 0) is 0 Å². The summed E-state index contributed by atoms with van der Waals surface area (Å²) in [6, 6.07) is 0. The lowest BCUT2D eigenvalue weighted by Gasteiger charge is -1.62. The monoisotopic (exact) mass is 155 g/mol. The van der Waals surface area contributed by atoms with Crippen molar-refractivity contribution in [2.24, 2.45) is 0 Å². The van der Waals surface area contributed by atoms with Gasteiger partial charge in [-0.25, -0.2) is 0 Å². The topological polar surface area (TPSA) is 15.8 Å². The Bertz CT molecular complexity index is 378. The number of thiazole rings is 1. The molecule has 0 radical (unpaired) electrons. The molecule has 9 heavy (non-hydrogen) atoms. The SMILES string of the molecule is C=C=c1[nH]c(=S)sc1=C. The fraction of sp³-hybridized carbons (Fsp3) is 0. The minimum Gasteiger partial charge on any atom is -0.331 e. The van der Waals surface area contributed by atoms with Crippen molar-refractivity contribution in [3.05, 3.63) is 20.4 Å². The second-order valence-electron chi connectivity index (χ2n) is 1.49. The molecule has 0 bridgehead atoms. The maximum Gasteiger partial charge on any atom is 0.159 e. The van der Waals surface area contributed by atoms with Crippen molar-refractivity contribution in [1.29, 1.82) is 0 Å². The molecule has 1 aromatic rings. The van der Waals surface area contributed by atoms with Gasteiger partial charge in [0.15, 0.2) is 3.95 Å². The Hall–Kier alpha value is -0.630. The van der Waals surface area contributed by atoms with Gasteiger partial charge in [0.2, 0.25) is 0 Å². The lowest BCUT2D eigenvalue weighted by Crippen LogP contribution is -2.16. The summed E-state index contributed by atoms with van der Waals surface area (Å²) in [5, 5.41) is 0.810. The van der Waals surface area contributed by atoms with Gasteiger partial charge in [0.25, 0.3) is 0 Å². The lowest BCUT2D eigenvalue weighted by atomic mass is 10.6.